The second-order valence-electron chi connectivity index (χ2n) is 19.5. The Hall–Kier alpha value is -5.55. The molecule has 69 heavy (non-hydrogen) atoms. The molecule has 0 fully saturated rings. The van der Waals surface area contributed by atoms with Gasteiger partial charge in [0.1, 0.15) is 11.4 Å². The van der Waals surface area contributed by atoms with Gasteiger partial charge in [-0.1, -0.05) is 126 Å². The number of rotatable bonds is 20. The molecule has 4 aromatic carbocycles. The van der Waals surface area contributed by atoms with Gasteiger partial charge in [-0.05, 0) is 86.7 Å². The van der Waals surface area contributed by atoms with E-state index in [2.05, 4.69) is 70.9 Å². The number of hydrogen-bond acceptors (Lipinski definition) is 9. The summed E-state index contributed by atoms with van der Waals surface area (Å²) in [6, 6.07) is 32.8. The van der Waals surface area contributed by atoms with E-state index >= 15 is 4.39 Å². The van der Waals surface area contributed by atoms with Gasteiger partial charge in [0, 0.05) is 37.5 Å². The van der Waals surface area contributed by atoms with Crippen LogP contribution in [-0.4, -0.2) is 72.2 Å². The van der Waals surface area contributed by atoms with Crippen molar-refractivity contribution in [2.75, 3.05) is 24.7 Å². The van der Waals surface area contributed by atoms with E-state index in [1.807, 2.05) is 81.4 Å². The number of aromatic nitrogens is 5. The quantitative estimate of drug-likeness (QED) is 0.0449. The minimum absolute atomic E-state index is 0.0185. The largest absolute Gasteiger partial charge is 0.466 e. The summed E-state index contributed by atoms with van der Waals surface area (Å²) in [5, 5.41) is 7.24. The van der Waals surface area contributed by atoms with E-state index < -0.39 is 40.6 Å². The Labute approximate surface area is 413 Å². The number of nitrogens with one attached hydrogen (secondary N) is 1. The van der Waals surface area contributed by atoms with E-state index in [9.17, 15) is 17.6 Å². The van der Waals surface area contributed by atoms with Crippen LogP contribution in [0.25, 0.3) is 22.4 Å². The number of halogens is 3. The van der Waals surface area contributed by atoms with Crippen molar-refractivity contribution in [1.82, 2.24) is 24.7 Å². The Morgan fingerprint density at radius 3 is 2.20 bits per heavy atom. The van der Waals surface area contributed by atoms with Crippen LogP contribution in [0.1, 0.15) is 84.7 Å². The van der Waals surface area contributed by atoms with E-state index in [-0.39, 0.29) is 63.6 Å². The van der Waals surface area contributed by atoms with Crippen LogP contribution in [-0.2, 0) is 42.7 Å². The van der Waals surface area contributed by atoms with Crippen LogP contribution in [0.3, 0.4) is 0 Å². The fourth-order valence-corrected chi connectivity index (χ4v) is 16.5. The predicted octanol–water partition coefficient (Wildman–Crippen LogP) is 10.8. The highest BCUT2D eigenvalue weighted by Crippen LogP contribution is 2.42. The number of carbonyl (C=O) groups excluding carboxylic acids is 1. The third kappa shape index (κ3) is 11.2. The summed E-state index contributed by atoms with van der Waals surface area (Å²) in [6.45, 7) is 14.6. The van der Waals surface area contributed by atoms with Gasteiger partial charge in [-0.15, -0.1) is 0 Å². The standard InChI is InChI=1S/C53H60BrF2N5O6SSi/c1-9-65-43(62)33-36-18-16-19-37(32-36)53(7,50-59-49(61(8)60-50)42-34-38(24-28-57-42)67-48-44(54)41-25-29-58-47(41)45(55)46(48)56)27-17-26-52(5,6)35-68(63,64)31-30-66-69(51(2,3)4,39-20-12-10-13-21-39)40-22-14-11-15-23-40/h10-16,18-25,28-29,32,34,58H,9,17,26-27,30-31,33,35H2,1-8H3/t53-/m1/s1. The van der Waals surface area contributed by atoms with Crippen molar-refractivity contribution >= 4 is 61.3 Å². The normalized spacial score (nSPS) is 13.4. The van der Waals surface area contributed by atoms with Gasteiger partial charge in [-0.3, -0.25) is 9.78 Å². The summed E-state index contributed by atoms with van der Waals surface area (Å²) in [5.74, 6) is -1.96. The Balaban J connectivity index is 1.12. The fraction of sp³-hybridized carbons (Fsp3) is 0.358. The molecule has 364 valence electrons. The van der Waals surface area contributed by atoms with Crippen LogP contribution >= 0.6 is 15.9 Å². The molecule has 7 rings (SSSR count). The summed E-state index contributed by atoms with van der Waals surface area (Å²) >= 11 is 3.38. The van der Waals surface area contributed by atoms with Gasteiger partial charge in [0.05, 0.1) is 39.9 Å². The SMILES string of the molecule is CCOC(=O)Cc1cccc([C@@](C)(CCCC(C)(C)CS(=O)(=O)CCO[Si](c2ccccc2)(c2ccccc2)C(C)(C)C)c2nc(-c3cc(Oc4c(F)c(F)c5[nH]ccc5c4Br)ccn3)n(C)n2)c1. The van der Waals surface area contributed by atoms with Gasteiger partial charge in [0.2, 0.25) is 5.82 Å². The second kappa shape index (κ2) is 20.8. The van der Waals surface area contributed by atoms with Gasteiger partial charge in [-0.25, -0.2) is 22.5 Å². The van der Waals surface area contributed by atoms with E-state index in [1.54, 1.807) is 30.8 Å². The maximum Gasteiger partial charge on any atom is 0.310 e. The Morgan fingerprint density at radius 1 is 0.870 bits per heavy atom. The number of sulfone groups is 1. The number of aryl methyl sites for hydroxylation is 1. The average Bonchev–Trinajstić information content (AvgIpc) is 3.97. The van der Waals surface area contributed by atoms with Crippen molar-refractivity contribution < 1.29 is 35.9 Å². The van der Waals surface area contributed by atoms with Crippen LogP contribution < -0.4 is 15.1 Å². The lowest BCUT2D eigenvalue weighted by atomic mass is 9.75. The van der Waals surface area contributed by atoms with E-state index in [4.69, 9.17) is 24.0 Å². The molecule has 0 saturated carbocycles. The first-order valence-electron chi connectivity index (χ1n) is 23.1. The van der Waals surface area contributed by atoms with E-state index in [1.165, 1.54) is 18.5 Å². The highest BCUT2D eigenvalue weighted by molar-refractivity contribution is 9.10. The molecule has 3 aromatic heterocycles. The molecule has 0 aliphatic heterocycles. The van der Waals surface area contributed by atoms with Gasteiger partial charge in [0.25, 0.3) is 8.32 Å². The Bertz CT molecular complexity index is 3000. The minimum atomic E-state index is -3.57. The molecule has 7 aromatic rings. The predicted molar refractivity (Wildman–Crippen MR) is 273 cm³/mol. The lowest BCUT2D eigenvalue weighted by Gasteiger charge is -2.43. The third-order valence-electron chi connectivity index (χ3n) is 12.7. The molecule has 0 aliphatic rings. The van der Waals surface area contributed by atoms with E-state index in [0.29, 0.717) is 42.0 Å². The first kappa shape index (κ1) is 51.3. The molecule has 1 N–H and O–H groups in total. The monoisotopic (exact) mass is 1040 g/mol. The molecule has 0 amide bonds. The molecule has 1 atom stereocenters. The van der Waals surface area contributed by atoms with Crippen LogP contribution in [0.4, 0.5) is 8.78 Å². The highest BCUT2D eigenvalue weighted by Gasteiger charge is 2.50. The number of benzene rings is 4. The van der Waals surface area contributed by atoms with Crippen LogP contribution in [0.2, 0.25) is 5.04 Å². The zero-order valence-corrected chi connectivity index (χ0v) is 43.8. The van der Waals surface area contributed by atoms with Gasteiger partial charge in [0.15, 0.2) is 33.1 Å². The molecule has 0 aliphatic carbocycles. The molecule has 0 saturated heterocycles. The van der Waals surface area contributed by atoms with Gasteiger partial charge >= 0.3 is 5.97 Å². The van der Waals surface area contributed by atoms with Crippen molar-refractivity contribution in [2.24, 2.45) is 12.5 Å². The summed E-state index contributed by atoms with van der Waals surface area (Å²) in [6.07, 6.45) is 4.79. The first-order valence-corrected chi connectivity index (χ1v) is 27.6. The van der Waals surface area contributed by atoms with Gasteiger partial charge in [-0.2, -0.15) is 9.49 Å². The lowest BCUT2D eigenvalue weighted by Crippen LogP contribution is -2.66. The summed E-state index contributed by atoms with van der Waals surface area (Å²) in [4.78, 5) is 24.9. The van der Waals surface area contributed by atoms with Crippen molar-refractivity contribution in [2.45, 2.75) is 84.6 Å². The number of fused-ring (bicyclic) bond motifs is 1. The summed E-state index contributed by atoms with van der Waals surface area (Å²) in [5.41, 5.74) is 0.588. The number of hydrogen-bond donors (Lipinski definition) is 1. The van der Waals surface area contributed by atoms with Crippen molar-refractivity contribution in [1.29, 1.82) is 0 Å². The molecular weight excluding hydrogens is 981 g/mol. The number of esters is 1. The number of carbonyl (C=O) groups is 1. The number of aromatic amines is 1. The van der Waals surface area contributed by atoms with Crippen molar-refractivity contribution in [3.05, 3.63) is 149 Å². The molecule has 0 radical (unpaired) electrons. The smallest absolute Gasteiger partial charge is 0.310 e. The topological polar surface area (TPSA) is 138 Å². The summed E-state index contributed by atoms with van der Waals surface area (Å²) < 4.78 is 78.4. The molecule has 3 heterocycles. The maximum atomic E-state index is 15.3. The van der Waals surface area contributed by atoms with Gasteiger partial charge < -0.3 is 18.9 Å². The average molecular weight is 1040 g/mol. The van der Waals surface area contributed by atoms with Crippen LogP contribution in [0.15, 0.2) is 120 Å². The summed E-state index contributed by atoms with van der Waals surface area (Å²) in [7, 11) is -4.75. The molecular formula is C53H60BrF2N5O6SSi. The molecule has 0 spiro atoms. The highest BCUT2D eigenvalue weighted by atomic mass is 79.9. The minimum Gasteiger partial charge on any atom is -0.466 e. The number of ether oxygens (including phenoxy) is 2. The zero-order chi connectivity index (χ0) is 49.8. The molecule has 0 bridgehead atoms. The molecule has 11 nitrogen and oxygen atoms in total. The Kier molecular flexibility index (Phi) is 15.5. The second-order valence-corrected chi connectivity index (χ2v) is 26.8. The number of H-pyrrole nitrogens is 1. The van der Waals surface area contributed by atoms with Crippen LogP contribution in [0, 0.1) is 17.0 Å². The maximum absolute atomic E-state index is 15.3. The number of nitrogens with zero attached hydrogens (tertiary/aromatic N) is 4. The van der Waals surface area contributed by atoms with Crippen LogP contribution in [0.5, 0.6) is 11.5 Å². The van der Waals surface area contributed by atoms with Crippen molar-refractivity contribution in [3.63, 3.8) is 0 Å². The molecule has 16 heteroatoms. The molecule has 0 unspecified atom stereocenters. The fourth-order valence-electron chi connectivity index (χ4n) is 9.34. The third-order valence-corrected chi connectivity index (χ3v) is 20.6. The lowest BCUT2D eigenvalue weighted by molar-refractivity contribution is -0.142. The first-order chi connectivity index (χ1) is 32.7. The van der Waals surface area contributed by atoms with E-state index in [0.717, 1.165) is 21.5 Å². The zero-order valence-electron chi connectivity index (χ0n) is 40.4. The Morgan fingerprint density at radius 2 is 1.55 bits per heavy atom. The number of pyridine rings is 1. The van der Waals surface area contributed by atoms with Crippen molar-refractivity contribution in [3.8, 4) is 23.0 Å².